The van der Waals surface area contributed by atoms with Gasteiger partial charge < -0.3 is 14.2 Å². The first kappa shape index (κ1) is 13.9. The van der Waals surface area contributed by atoms with Crippen LogP contribution < -0.4 is 4.74 Å². The molecule has 0 amide bonds. The lowest BCUT2D eigenvalue weighted by Crippen LogP contribution is -2.54. The highest BCUT2D eigenvalue weighted by Gasteiger charge is 2.50. The van der Waals surface area contributed by atoms with Crippen molar-refractivity contribution in [3.63, 3.8) is 0 Å². The second-order valence-electron chi connectivity index (χ2n) is 4.93. The van der Waals surface area contributed by atoms with Crippen molar-refractivity contribution >= 4 is 5.97 Å². The van der Waals surface area contributed by atoms with Gasteiger partial charge in [0.15, 0.2) is 0 Å². The maximum absolute atomic E-state index is 12.3. The molecule has 0 N–H and O–H groups in total. The number of methoxy groups -OCH3 is 1. The largest absolute Gasteiger partial charge is 0.496 e. The van der Waals surface area contributed by atoms with Crippen LogP contribution in [-0.4, -0.2) is 32.9 Å². The molecule has 0 spiro atoms. The minimum Gasteiger partial charge on any atom is -0.496 e. The summed E-state index contributed by atoms with van der Waals surface area (Å²) < 4.78 is 15.9. The van der Waals surface area contributed by atoms with Crippen molar-refractivity contribution in [2.24, 2.45) is 0 Å². The monoisotopic (exact) mass is 264 g/mol. The zero-order valence-corrected chi connectivity index (χ0v) is 11.9. The van der Waals surface area contributed by atoms with Gasteiger partial charge in [0, 0.05) is 5.56 Å². The van der Waals surface area contributed by atoms with Gasteiger partial charge in [-0.15, -0.1) is 0 Å². The van der Waals surface area contributed by atoms with E-state index in [4.69, 9.17) is 14.2 Å². The minimum atomic E-state index is -0.709. The van der Waals surface area contributed by atoms with Gasteiger partial charge in [-0.2, -0.15) is 0 Å². The van der Waals surface area contributed by atoms with Crippen molar-refractivity contribution in [1.82, 2.24) is 0 Å². The van der Waals surface area contributed by atoms with Gasteiger partial charge in [0.2, 0.25) is 0 Å². The predicted molar refractivity (Wildman–Crippen MR) is 71.6 cm³/mol. The number of ether oxygens (including phenoxy) is 3. The second kappa shape index (κ2) is 5.21. The summed E-state index contributed by atoms with van der Waals surface area (Å²) >= 11 is 0. The average Bonchev–Trinajstić information content (AvgIpc) is 2.32. The van der Waals surface area contributed by atoms with Crippen LogP contribution in [0.2, 0.25) is 0 Å². The molecular weight excluding hydrogens is 244 g/mol. The Hall–Kier alpha value is -1.55. The fraction of sp³-hybridized carbons (Fsp3) is 0.533. The number of aryl methyl sites for hydroxylation is 2. The molecule has 0 bridgehead atoms. The maximum Gasteiger partial charge on any atom is 0.321 e. The zero-order chi connectivity index (χ0) is 14.0. The number of hydrogen-bond donors (Lipinski definition) is 0. The maximum atomic E-state index is 12.3. The van der Waals surface area contributed by atoms with E-state index in [0.29, 0.717) is 19.8 Å². The third-order valence-electron chi connectivity index (χ3n) is 3.69. The molecule has 0 unspecified atom stereocenters. The Morgan fingerprint density at radius 2 is 1.95 bits per heavy atom. The Kier molecular flexibility index (Phi) is 3.80. The first-order valence-corrected chi connectivity index (χ1v) is 6.46. The quantitative estimate of drug-likeness (QED) is 0.782. The van der Waals surface area contributed by atoms with Gasteiger partial charge in [-0.3, -0.25) is 4.79 Å². The number of rotatable bonds is 4. The Labute approximate surface area is 113 Å². The summed E-state index contributed by atoms with van der Waals surface area (Å²) in [5.74, 6) is 0.488. The van der Waals surface area contributed by atoms with E-state index in [-0.39, 0.29) is 5.97 Å². The summed E-state index contributed by atoms with van der Waals surface area (Å²) in [6.45, 7) is 6.93. The Balaban J connectivity index is 2.49. The molecule has 0 saturated carbocycles. The molecule has 4 heteroatoms. The predicted octanol–water partition coefficient (Wildman–Crippen LogP) is 2.14. The lowest BCUT2D eigenvalue weighted by molar-refractivity contribution is -0.169. The fourth-order valence-electron chi connectivity index (χ4n) is 2.29. The zero-order valence-electron chi connectivity index (χ0n) is 11.9. The molecule has 1 aromatic carbocycles. The lowest BCUT2D eigenvalue weighted by Gasteiger charge is -2.40. The van der Waals surface area contributed by atoms with E-state index >= 15 is 0 Å². The van der Waals surface area contributed by atoms with E-state index in [2.05, 4.69) is 0 Å². The third-order valence-corrected chi connectivity index (χ3v) is 3.69. The standard InChI is InChI=1S/C15H20O4/c1-5-19-14(16)15(8-18-9-15)12-6-10(2)11(3)7-13(12)17-4/h6-7H,5,8-9H2,1-4H3. The summed E-state index contributed by atoms with van der Waals surface area (Å²) in [6, 6.07) is 3.97. The molecule has 1 saturated heterocycles. The van der Waals surface area contributed by atoms with Gasteiger partial charge in [-0.1, -0.05) is 6.07 Å². The van der Waals surface area contributed by atoms with E-state index in [1.54, 1.807) is 7.11 Å². The van der Waals surface area contributed by atoms with Gasteiger partial charge in [0.05, 0.1) is 26.9 Å². The van der Waals surface area contributed by atoms with Crippen molar-refractivity contribution in [2.75, 3.05) is 26.9 Å². The minimum absolute atomic E-state index is 0.234. The molecule has 19 heavy (non-hydrogen) atoms. The molecule has 4 nitrogen and oxygen atoms in total. The van der Waals surface area contributed by atoms with Crippen molar-refractivity contribution in [3.8, 4) is 5.75 Å². The molecule has 1 heterocycles. The highest BCUT2D eigenvalue weighted by molar-refractivity contribution is 5.86. The van der Waals surface area contributed by atoms with Crippen LogP contribution in [0, 0.1) is 13.8 Å². The Bertz CT molecular complexity index is 489. The second-order valence-corrected chi connectivity index (χ2v) is 4.93. The summed E-state index contributed by atoms with van der Waals surface area (Å²) in [5.41, 5.74) is 2.42. The molecule has 2 rings (SSSR count). The molecule has 1 aliphatic rings. The smallest absolute Gasteiger partial charge is 0.321 e. The van der Waals surface area contributed by atoms with Crippen LogP contribution in [0.1, 0.15) is 23.6 Å². The number of benzene rings is 1. The van der Waals surface area contributed by atoms with Crippen molar-refractivity contribution in [3.05, 3.63) is 28.8 Å². The summed E-state index contributed by atoms with van der Waals surface area (Å²) in [7, 11) is 1.62. The molecule has 0 radical (unpaired) electrons. The first-order chi connectivity index (χ1) is 9.05. The van der Waals surface area contributed by atoms with E-state index in [1.807, 2.05) is 32.9 Å². The number of carbonyl (C=O) groups excluding carboxylic acids is 1. The van der Waals surface area contributed by atoms with Crippen LogP contribution in [0.5, 0.6) is 5.75 Å². The lowest BCUT2D eigenvalue weighted by atomic mass is 9.77. The van der Waals surface area contributed by atoms with Crippen LogP contribution in [-0.2, 0) is 19.7 Å². The van der Waals surface area contributed by atoms with Gasteiger partial charge in [0.25, 0.3) is 0 Å². The average molecular weight is 264 g/mol. The summed E-state index contributed by atoms with van der Waals surface area (Å²) in [6.07, 6.45) is 0. The molecule has 0 aliphatic carbocycles. The van der Waals surface area contributed by atoms with E-state index < -0.39 is 5.41 Å². The van der Waals surface area contributed by atoms with Crippen LogP contribution in [0.25, 0.3) is 0 Å². The normalized spacial score (nSPS) is 16.6. The highest BCUT2D eigenvalue weighted by atomic mass is 16.6. The van der Waals surface area contributed by atoms with E-state index in [9.17, 15) is 4.79 Å². The fourth-order valence-corrected chi connectivity index (χ4v) is 2.29. The molecule has 1 fully saturated rings. The van der Waals surface area contributed by atoms with Gasteiger partial charge in [-0.25, -0.2) is 0 Å². The molecule has 0 atom stereocenters. The highest BCUT2D eigenvalue weighted by Crippen LogP contribution is 2.40. The van der Waals surface area contributed by atoms with E-state index in [0.717, 1.165) is 22.4 Å². The summed E-state index contributed by atoms with van der Waals surface area (Å²) in [5, 5.41) is 0. The topological polar surface area (TPSA) is 44.8 Å². The number of carbonyl (C=O) groups is 1. The molecule has 1 aliphatic heterocycles. The molecule has 104 valence electrons. The van der Waals surface area contributed by atoms with Crippen LogP contribution in [0.3, 0.4) is 0 Å². The van der Waals surface area contributed by atoms with Gasteiger partial charge in [-0.05, 0) is 38.0 Å². The SMILES string of the molecule is CCOC(=O)C1(c2cc(C)c(C)cc2OC)COC1. The third kappa shape index (κ3) is 2.21. The first-order valence-electron chi connectivity index (χ1n) is 6.46. The number of esters is 1. The molecule has 0 aromatic heterocycles. The Morgan fingerprint density at radius 3 is 2.42 bits per heavy atom. The number of hydrogen-bond acceptors (Lipinski definition) is 4. The van der Waals surface area contributed by atoms with Crippen molar-refractivity contribution in [2.45, 2.75) is 26.2 Å². The van der Waals surface area contributed by atoms with Crippen LogP contribution in [0.15, 0.2) is 12.1 Å². The Morgan fingerprint density at radius 1 is 1.32 bits per heavy atom. The van der Waals surface area contributed by atoms with Crippen LogP contribution in [0.4, 0.5) is 0 Å². The molecular formula is C15H20O4. The van der Waals surface area contributed by atoms with Crippen LogP contribution >= 0.6 is 0 Å². The molecule has 1 aromatic rings. The van der Waals surface area contributed by atoms with Crippen molar-refractivity contribution in [1.29, 1.82) is 0 Å². The van der Waals surface area contributed by atoms with Crippen molar-refractivity contribution < 1.29 is 19.0 Å². The van der Waals surface area contributed by atoms with Gasteiger partial charge in [0.1, 0.15) is 11.2 Å². The van der Waals surface area contributed by atoms with Gasteiger partial charge >= 0.3 is 5.97 Å². The summed E-state index contributed by atoms with van der Waals surface area (Å²) in [4.78, 5) is 12.3. The van der Waals surface area contributed by atoms with E-state index in [1.165, 1.54) is 0 Å².